The summed E-state index contributed by atoms with van der Waals surface area (Å²) in [6.45, 7) is 2.29. The lowest BCUT2D eigenvalue weighted by Crippen LogP contribution is -2.38. The summed E-state index contributed by atoms with van der Waals surface area (Å²) in [6.07, 6.45) is 0.977. The zero-order valence-electron chi connectivity index (χ0n) is 17.3. The minimum absolute atomic E-state index is 0.0548. The first kappa shape index (κ1) is 20.7. The molecule has 0 spiro atoms. The maximum absolute atomic E-state index is 13.8. The number of halogens is 3. The Labute approximate surface area is 182 Å². The summed E-state index contributed by atoms with van der Waals surface area (Å²) in [5.74, 6) is 0.231. The number of amides is 1. The Hall–Kier alpha value is -3.14. The molecule has 2 aliphatic heterocycles. The summed E-state index contributed by atoms with van der Waals surface area (Å²) < 4.78 is 41.3. The van der Waals surface area contributed by atoms with E-state index in [1.54, 1.807) is 23.1 Å². The number of hydrogen-bond acceptors (Lipinski definition) is 5. The molecule has 168 valence electrons. The van der Waals surface area contributed by atoms with Gasteiger partial charge in [0.2, 0.25) is 11.9 Å². The van der Waals surface area contributed by atoms with Gasteiger partial charge in [-0.2, -0.15) is 13.2 Å². The number of rotatable bonds is 4. The van der Waals surface area contributed by atoms with Gasteiger partial charge in [-0.15, -0.1) is 0 Å². The van der Waals surface area contributed by atoms with Crippen LogP contribution >= 0.6 is 0 Å². The van der Waals surface area contributed by atoms with Crippen LogP contribution in [-0.4, -0.2) is 46.5 Å². The molecular weight excluding hydrogens is 421 g/mol. The van der Waals surface area contributed by atoms with E-state index >= 15 is 0 Å². The molecule has 32 heavy (non-hydrogen) atoms. The van der Waals surface area contributed by atoms with Gasteiger partial charge < -0.3 is 20.5 Å². The van der Waals surface area contributed by atoms with Crippen LogP contribution in [0.15, 0.2) is 30.6 Å². The lowest BCUT2D eigenvalue weighted by molar-refractivity contribution is -0.137. The molecule has 0 bridgehead atoms. The third kappa shape index (κ3) is 3.90. The molecule has 2 saturated heterocycles. The fraction of sp³-hybridized carbons (Fsp3) is 0.409. The second kappa shape index (κ2) is 8.09. The van der Waals surface area contributed by atoms with E-state index in [4.69, 9.17) is 0 Å². The van der Waals surface area contributed by atoms with E-state index in [2.05, 4.69) is 25.6 Å². The fourth-order valence-electron chi connectivity index (χ4n) is 4.42. The molecule has 7 nitrogen and oxygen atoms in total. The van der Waals surface area contributed by atoms with E-state index in [-0.39, 0.29) is 23.6 Å². The van der Waals surface area contributed by atoms with Crippen LogP contribution in [0, 0.1) is 0 Å². The van der Waals surface area contributed by atoms with Crippen LogP contribution < -0.4 is 15.5 Å². The molecule has 3 N–H and O–H groups in total. The number of carbonyl (C=O) groups excluding carboxylic acids is 1. The topological polar surface area (TPSA) is 85.9 Å². The molecule has 1 aromatic carbocycles. The molecule has 1 amide bonds. The van der Waals surface area contributed by atoms with E-state index in [0.29, 0.717) is 36.0 Å². The summed E-state index contributed by atoms with van der Waals surface area (Å²) in [5, 5.41) is 7.02. The van der Waals surface area contributed by atoms with Crippen LogP contribution in [0.5, 0.6) is 0 Å². The number of fused-ring (bicyclic) bond motifs is 1. The quantitative estimate of drug-likeness (QED) is 0.568. The van der Waals surface area contributed by atoms with Gasteiger partial charge in [-0.1, -0.05) is 6.07 Å². The number of carbonyl (C=O) groups is 1. The van der Waals surface area contributed by atoms with Crippen molar-refractivity contribution in [1.29, 1.82) is 0 Å². The first-order valence-corrected chi connectivity index (χ1v) is 10.7. The smallest absolute Gasteiger partial charge is 0.360 e. The molecule has 5 rings (SSSR count). The van der Waals surface area contributed by atoms with Crippen LogP contribution in [0.1, 0.15) is 31.2 Å². The number of piperidine rings is 1. The second-order valence-electron chi connectivity index (χ2n) is 8.22. The van der Waals surface area contributed by atoms with Crippen molar-refractivity contribution in [2.75, 3.05) is 29.9 Å². The minimum atomic E-state index is -4.59. The summed E-state index contributed by atoms with van der Waals surface area (Å²) in [7, 11) is 0. The zero-order valence-corrected chi connectivity index (χ0v) is 17.3. The first-order chi connectivity index (χ1) is 15.4. The number of benzene rings is 1. The second-order valence-corrected chi connectivity index (χ2v) is 8.22. The number of alkyl halides is 3. The molecule has 1 atom stereocenters. The Morgan fingerprint density at radius 3 is 2.81 bits per heavy atom. The van der Waals surface area contributed by atoms with Gasteiger partial charge in [0, 0.05) is 60.1 Å². The van der Waals surface area contributed by atoms with Gasteiger partial charge in [0.15, 0.2) is 0 Å². The van der Waals surface area contributed by atoms with Gasteiger partial charge in [0.1, 0.15) is 5.56 Å². The molecule has 10 heteroatoms. The molecule has 0 saturated carbocycles. The first-order valence-electron chi connectivity index (χ1n) is 10.7. The standard InChI is InChI=1S/C22H23F3N6O/c23-22(24,25)17-12-28-21(29-13-3-1-7-26-10-13)30-20(17)16-11-27-18-9-14(5-6-15(16)18)31-8-2-4-19(31)32/h5-6,9,11-13,26-27H,1-4,7-8,10H2,(H,28,29,30). The maximum atomic E-state index is 13.8. The largest absolute Gasteiger partial charge is 0.419 e. The number of H-pyrrole nitrogens is 1. The molecule has 2 fully saturated rings. The minimum Gasteiger partial charge on any atom is -0.360 e. The Morgan fingerprint density at radius 2 is 2.09 bits per heavy atom. The lowest BCUT2D eigenvalue weighted by atomic mass is 10.1. The SMILES string of the molecule is O=C1CCCN1c1ccc2c(-c3nc(NC4CCCNC4)ncc3C(F)(F)F)c[nH]c2c1. The number of aromatic nitrogens is 3. The molecule has 0 radical (unpaired) electrons. The Morgan fingerprint density at radius 1 is 1.22 bits per heavy atom. The van der Waals surface area contributed by atoms with E-state index in [9.17, 15) is 18.0 Å². The van der Waals surface area contributed by atoms with Crippen LogP contribution in [0.25, 0.3) is 22.2 Å². The van der Waals surface area contributed by atoms with Crippen molar-refractivity contribution < 1.29 is 18.0 Å². The highest BCUT2D eigenvalue weighted by molar-refractivity contribution is 6.01. The van der Waals surface area contributed by atoms with Gasteiger partial charge in [-0.3, -0.25) is 4.79 Å². The third-order valence-electron chi connectivity index (χ3n) is 6.03. The third-order valence-corrected chi connectivity index (χ3v) is 6.03. The number of nitrogens with zero attached hydrogens (tertiary/aromatic N) is 3. The summed E-state index contributed by atoms with van der Waals surface area (Å²) >= 11 is 0. The van der Waals surface area contributed by atoms with Crippen molar-refractivity contribution in [3.8, 4) is 11.3 Å². The molecule has 2 aliphatic rings. The summed E-state index contributed by atoms with van der Waals surface area (Å²) in [5.41, 5.74) is 0.674. The molecule has 2 aromatic heterocycles. The van der Waals surface area contributed by atoms with Crippen LogP contribution in [0.3, 0.4) is 0 Å². The molecular formula is C22H23F3N6O. The molecule has 0 aliphatic carbocycles. The normalized spacial score (nSPS) is 19.7. The summed E-state index contributed by atoms with van der Waals surface area (Å²) in [6, 6.07) is 5.37. The van der Waals surface area contributed by atoms with E-state index in [0.717, 1.165) is 37.7 Å². The van der Waals surface area contributed by atoms with Gasteiger partial charge in [-0.05, 0) is 37.9 Å². The van der Waals surface area contributed by atoms with E-state index < -0.39 is 11.7 Å². The van der Waals surface area contributed by atoms with Crippen LogP contribution in [-0.2, 0) is 11.0 Å². The van der Waals surface area contributed by atoms with Gasteiger partial charge in [-0.25, -0.2) is 9.97 Å². The van der Waals surface area contributed by atoms with Crippen LogP contribution in [0.4, 0.5) is 24.8 Å². The van der Waals surface area contributed by atoms with Gasteiger partial charge >= 0.3 is 6.18 Å². The van der Waals surface area contributed by atoms with Gasteiger partial charge in [0.05, 0.1) is 5.69 Å². The van der Waals surface area contributed by atoms with Crippen molar-refractivity contribution in [3.05, 3.63) is 36.2 Å². The fourth-order valence-corrected chi connectivity index (χ4v) is 4.42. The predicted molar refractivity (Wildman–Crippen MR) is 115 cm³/mol. The Bertz CT molecular complexity index is 1150. The summed E-state index contributed by atoms with van der Waals surface area (Å²) in [4.78, 5) is 25.0. The van der Waals surface area contributed by atoms with Crippen molar-refractivity contribution in [2.45, 2.75) is 37.9 Å². The van der Waals surface area contributed by atoms with Crippen molar-refractivity contribution in [1.82, 2.24) is 20.3 Å². The maximum Gasteiger partial charge on any atom is 0.419 e. The Kier molecular flexibility index (Phi) is 5.24. The number of aromatic amines is 1. The van der Waals surface area contributed by atoms with Crippen molar-refractivity contribution >= 4 is 28.4 Å². The highest BCUT2D eigenvalue weighted by atomic mass is 19.4. The number of nitrogens with one attached hydrogen (secondary N) is 3. The highest BCUT2D eigenvalue weighted by Crippen LogP contribution is 2.39. The lowest BCUT2D eigenvalue weighted by Gasteiger charge is -2.24. The average molecular weight is 444 g/mol. The molecule has 4 heterocycles. The van der Waals surface area contributed by atoms with Crippen LogP contribution in [0.2, 0.25) is 0 Å². The van der Waals surface area contributed by atoms with E-state index in [1.165, 1.54) is 6.20 Å². The molecule has 1 unspecified atom stereocenters. The van der Waals surface area contributed by atoms with E-state index in [1.807, 2.05) is 0 Å². The Balaban J connectivity index is 1.54. The monoisotopic (exact) mass is 444 g/mol. The average Bonchev–Trinajstić information content (AvgIpc) is 3.39. The van der Waals surface area contributed by atoms with Crippen molar-refractivity contribution in [3.63, 3.8) is 0 Å². The van der Waals surface area contributed by atoms with Crippen molar-refractivity contribution in [2.24, 2.45) is 0 Å². The molecule has 3 aromatic rings. The predicted octanol–water partition coefficient (Wildman–Crippen LogP) is 3.93. The number of anilines is 2. The van der Waals surface area contributed by atoms with Gasteiger partial charge in [0.25, 0.3) is 0 Å². The number of hydrogen-bond donors (Lipinski definition) is 3. The zero-order chi connectivity index (χ0) is 22.3. The highest BCUT2D eigenvalue weighted by Gasteiger charge is 2.36.